The van der Waals surface area contributed by atoms with Gasteiger partial charge in [0, 0.05) is 56.1 Å². The van der Waals surface area contributed by atoms with Crippen molar-refractivity contribution in [3.8, 4) is 5.75 Å². The Balaban J connectivity index is 1.46. The number of carbonyl (C=O) groups excluding carboxylic acids is 1. The maximum absolute atomic E-state index is 14.1. The number of carbonyl (C=O) groups is 1. The molecule has 3 aliphatic heterocycles. The number of nitrogens with one attached hydrogen (secondary N) is 2. The minimum Gasteiger partial charge on any atom is -0.489 e. The van der Waals surface area contributed by atoms with E-state index in [0.717, 1.165) is 11.3 Å². The Hall–Kier alpha value is -2.57. The van der Waals surface area contributed by atoms with Gasteiger partial charge in [0.1, 0.15) is 29.7 Å². The Morgan fingerprint density at radius 3 is 2.78 bits per heavy atom. The second kappa shape index (κ2) is 11.2. The normalized spacial score (nSPS) is 24.6. The molecule has 2 atom stereocenters. The van der Waals surface area contributed by atoms with Crippen LogP contribution in [0.15, 0.2) is 45.3 Å². The maximum Gasteiger partial charge on any atom is 0.257 e. The Bertz CT molecular complexity index is 1100. The number of ether oxygens (including phenoxy) is 1. The number of aliphatic hydroxyl groups is 1. The van der Waals surface area contributed by atoms with E-state index in [1.165, 1.54) is 23.7 Å². The zero-order valence-electron chi connectivity index (χ0n) is 20.2. The quantitative estimate of drug-likeness (QED) is 0.332. The highest BCUT2D eigenvalue weighted by Crippen LogP contribution is 2.29. The predicted octanol–water partition coefficient (Wildman–Crippen LogP) is 1.99. The Labute approximate surface area is 213 Å². The first-order chi connectivity index (χ1) is 17.2. The molecule has 196 valence electrons. The summed E-state index contributed by atoms with van der Waals surface area (Å²) >= 11 is 6.22. The van der Waals surface area contributed by atoms with Crippen molar-refractivity contribution >= 4 is 23.2 Å². The number of aliphatic imine (C=N–C) groups is 1. The average molecular weight is 525 g/mol. The number of rotatable bonds is 6. The number of aliphatic hydroxyl groups excluding tert-OH is 1. The van der Waals surface area contributed by atoms with Gasteiger partial charge in [0.05, 0.1) is 16.3 Å². The summed E-state index contributed by atoms with van der Waals surface area (Å²) in [7, 11) is 0. The highest BCUT2D eigenvalue weighted by atomic mass is 35.5. The lowest BCUT2D eigenvalue weighted by Gasteiger charge is -2.33. The van der Waals surface area contributed by atoms with Crippen LogP contribution in [0.4, 0.5) is 8.87 Å². The van der Waals surface area contributed by atoms with Gasteiger partial charge in [-0.25, -0.2) is 9.38 Å². The average Bonchev–Trinajstić information content (AvgIpc) is 3.24. The van der Waals surface area contributed by atoms with E-state index in [1.807, 2.05) is 18.7 Å². The first-order valence-corrected chi connectivity index (χ1v) is 12.2. The summed E-state index contributed by atoms with van der Waals surface area (Å²) in [6.07, 6.45) is -0.317. The second-order valence-corrected chi connectivity index (χ2v) is 9.69. The van der Waals surface area contributed by atoms with Gasteiger partial charge >= 0.3 is 0 Å². The third kappa shape index (κ3) is 5.87. The number of likely N-dealkylation sites (tertiary alicyclic amines) is 2. The number of amides is 1. The number of hydrogen-bond donors (Lipinski definition) is 4. The van der Waals surface area contributed by atoms with Crippen LogP contribution in [-0.4, -0.2) is 77.6 Å². The first kappa shape index (κ1) is 26.5. The smallest absolute Gasteiger partial charge is 0.257 e. The number of nitrogens with zero attached hydrogens (tertiary/aromatic N) is 3. The van der Waals surface area contributed by atoms with Crippen LogP contribution in [0.5, 0.6) is 5.75 Å². The highest BCUT2D eigenvalue weighted by Gasteiger charge is 2.34. The third-order valence-corrected chi connectivity index (χ3v) is 7.17. The third-order valence-electron chi connectivity index (χ3n) is 6.61. The van der Waals surface area contributed by atoms with Crippen molar-refractivity contribution < 1.29 is 23.5 Å². The van der Waals surface area contributed by atoms with Gasteiger partial charge in [-0.2, -0.15) is 0 Å². The topological polar surface area (TPSA) is 115 Å². The van der Waals surface area contributed by atoms with Crippen LogP contribution in [-0.2, 0) is 0 Å². The summed E-state index contributed by atoms with van der Waals surface area (Å²) in [4.78, 5) is 21.5. The molecule has 1 amide bonds. The molecular weight excluding hydrogens is 494 g/mol. The Morgan fingerprint density at radius 1 is 1.39 bits per heavy atom. The maximum atomic E-state index is 14.1. The van der Waals surface area contributed by atoms with Crippen molar-refractivity contribution in [3.63, 3.8) is 0 Å². The van der Waals surface area contributed by atoms with E-state index in [4.69, 9.17) is 22.1 Å². The summed E-state index contributed by atoms with van der Waals surface area (Å²) in [6, 6.07) is 3.46. The first-order valence-electron chi connectivity index (χ1n) is 11.9. The van der Waals surface area contributed by atoms with E-state index in [2.05, 4.69) is 10.3 Å². The number of piperidine rings is 1. The summed E-state index contributed by atoms with van der Waals surface area (Å²) in [5.41, 5.74) is 10.1. The van der Waals surface area contributed by atoms with E-state index in [1.54, 1.807) is 4.90 Å². The van der Waals surface area contributed by atoms with E-state index in [9.17, 15) is 18.8 Å². The molecule has 3 heterocycles. The standard InChI is InChI=1S/C24H31ClF2N6O3/c1-13-22(25)14(2)30-23(29-13)18-10-33(11-19(18)28)24(35)17-4-3-15(26)9-20(17)36-16-5-7-32(8-6-16)12-21(34)31-27/h3-4,9,16,19,21,29,31,34H,5-8,10-12,28H2,1-2H3/b23-18+. The second-order valence-electron chi connectivity index (χ2n) is 9.31. The fourth-order valence-corrected chi connectivity index (χ4v) is 4.74. The summed E-state index contributed by atoms with van der Waals surface area (Å²) in [6.45, 7) is 5.50. The van der Waals surface area contributed by atoms with Gasteiger partial charge in [-0.3, -0.25) is 9.69 Å². The molecule has 2 saturated heterocycles. The van der Waals surface area contributed by atoms with Gasteiger partial charge < -0.3 is 25.8 Å². The molecule has 0 aliphatic carbocycles. The van der Waals surface area contributed by atoms with Crippen molar-refractivity contribution in [2.75, 3.05) is 32.7 Å². The SMILES string of the molecule is CC1=N/C(=C2\CN(C(=O)c3ccc(F)cc3OC3CCN(CC(O)NF)CC3)CC2N)NC(C)=C1Cl. The number of hydrogen-bond acceptors (Lipinski definition) is 8. The van der Waals surface area contributed by atoms with Crippen LogP contribution in [0.3, 0.4) is 0 Å². The zero-order chi connectivity index (χ0) is 26.0. The zero-order valence-corrected chi connectivity index (χ0v) is 21.0. The van der Waals surface area contributed by atoms with Crippen LogP contribution >= 0.6 is 11.6 Å². The van der Waals surface area contributed by atoms with Gasteiger partial charge in [0.25, 0.3) is 5.91 Å². The summed E-state index contributed by atoms with van der Waals surface area (Å²) in [5, 5.41) is 13.1. The van der Waals surface area contributed by atoms with Gasteiger partial charge in [0.15, 0.2) is 0 Å². The minimum absolute atomic E-state index is 0.153. The van der Waals surface area contributed by atoms with Gasteiger partial charge in [-0.15, -0.1) is 10.0 Å². The largest absolute Gasteiger partial charge is 0.489 e. The Morgan fingerprint density at radius 2 is 2.11 bits per heavy atom. The number of benzene rings is 1. The summed E-state index contributed by atoms with van der Waals surface area (Å²) in [5.74, 6) is -0.0544. The molecule has 0 bridgehead atoms. The van der Waals surface area contributed by atoms with Gasteiger partial charge in [-0.05, 0) is 38.8 Å². The number of nitrogens with two attached hydrogens (primary N) is 1. The molecule has 0 saturated carbocycles. The van der Waals surface area contributed by atoms with E-state index in [-0.39, 0.29) is 43.0 Å². The van der Waals surface area contributed by atoms with Crippen LogP contribution in [0.25, 0.3) is 0 Å². The van der Waals surface area contributed by atoms with Gasteiger partial charge in [0.2, 0.25) is 0 Å². The molecule has 5 N–H and O–H groups in total. The van der Waals surface area contributed by atoms with Crippen molar-refractivity contribution in [3.05, 3.63) is 51.7 Å². The van der Waals surface area contributed by atoms with E-state index < -0.39 is 18.1 Å². The van der Waals surface area contributed by atoms with Crippen LogP contribution in [0.1, 0.15) is 37.0 Å². The minimum atomic E-state index is -1.25. The van der Waals surface area contributed by atoms with Crippen LogP contribution in [0.2, 0.25) is 0 Å². The molecule has 2 unspecified atom stereocenters. The van der Waals surface area contributed by atoms with E-state index in [0.29, 0.717) is 42.5 Å². The lowest BCUT2D eigenvalue weighted by molar-refractivity contribution is 0.0138. The van der Waals surface area contributed by atoms with Crippen LogP contribution in [0, 0.1) is 5.82 Å². The highest BCUT2D eigenvalue weighted by molar-refractivity contribution is 6.43. The molecule has 12 heteroatoms. The molecular formula is C24H31ClF2N6O3. The number of β-amino-alcohol motifs (C(OH)–C–C–N with tert-alkyl or cyclic N) is 1. The fraction of sp³-hybridized carbons (Fsp3) is 0.500. The molecule has 0 spiro atoms. The Kier molecular flexibility index (Phi) is 8.26. The molecule has 1 aromatic carbocycles. The number of halogens is 3. The lowest BCUT2D eigenvalue weighted by Crippen LogP contribution is -2.44. The van der Waals surface area contributed by atoms with Crippen molar-refractivity contribution in [1.29, 1.82) is 0 Å². The predicted molar refractivity (Wildman–Crippen MR) is 132 cm³/mol. The van der Waals surface area contributed by atoms with Gasteiger partial charge in [-0.1, -0.05) is 11.6 Å². The molecule has 36 heavy (non-hydrogen) atoms. The fourth-order valence-electron chi connectivity index (χ4n) is 4.65. The number of allylic oxidation sites excluding steroid dienone is 2. The van der Waals surface area contributed by atoms with E-state index >= 15 is 0 Å². The summed E-state index contributed by atoms with van der Waals surface area (Å²) < 4.78 is 32.5. The molecule has 0 aromatic heterocycles. The molecule has 1 aromatic rings. The van der Waals surface area contributed by atoms with Crippen LogP contribution < -0.4 is 21.3 Å². The molecule has 3 aliphatic rings. The molecule has 0 radical (unpaired) electrons. The molecule has 4 rings (SSSR count). The lowest BCUT2D eigenvalue weighted by atomic mass is 10.1. The molecule has 2 fully saturated rings. The van der Waals surface area contributed by atoms with Crippen molar-refractivity contribution in [2.45, 2.75) is 45.1 Å². The molecule has 9 nitrogen and oxygen atoms in total. The van der Waals surface area contributed by atoms with Crippen molar-refractivity contribution in [1.82, 2.24) is 20.7 Å². The monoisotopic (exact) mass is 524 g/mol. The van der Waals surface area contributed by atoms with Crippen molar-refractivity contribution in [2.24, 2.45) is 10.7 Å².